The Morgan fingerprint density at radius 2 is 2.30 bits per heavy atom. The van der Waals surface area contributed by atoms with E-state index in [-0.39, 0.29) is 12.4 Å². The lowest BCUT2D eigenvalue weighted by Crippen LogP contribution is -1.87. The summed E-state index contributed by atoms with van der Waals surface area (Å²) in [5, 5.41) is 6.73. The summed E-state index contributed by atoms with van der Waals surface area (Å²) in [6, 6.07) is 0. The van der Waals surface area contributed by atoms with E-state index in [2.05, 4.69) is 10.2 Å². The highest BCUT2D eigenvalue weighted by atomic mass is 35.5. The summed E-state index contributed by atoms with van der Waals surface area (Å²) in [7, 11) is 0. The first-order valence-corrected chi connectivity index (χ1v) is 3.16. The van der Waals surface area contributed by atoms with E-state index in [1.165, 1.54) is 12.8 Å². The quantitative estimate of drug-likeness (QED) is 0.649. The average Bonchev–Trinajstić information content (AvgIpc) is 2.58. The molecular formula is C6H10ClN3. The van der Waals surface area contributed by atoms with Crippen molar-refractivity contribution < 1.29 is 0 Å². The molecule has 3 nitrogen and oxygen atoms in total. The van der Waals surface area contributed by atoms with Crippen molar-refractivity contribution in [2.45, 2.75) is 18.8 Å². The summed E-state index contributed by atoms with van der Waals surface area (Å²) < 4.78 is 0. The van der Waals surface area contributed by atoms with Gasteiger partial charge in [0.15, 0.2) is 0 Å². The number of aromatic nitrogens is 2. The maximum Gasteiger partial charge on any atom is 0.0733 e. The van der Waals surface area contributed by atoms with Gasteiger partial charge in [-0.2, -0.15) is 5.10 Å². The van der Waals surface area contributed by atoms with Gasteiger partial charge in [0, 0.05) is 5.92 Å². The van der Waals surface area contributed by atoms with E-state index < -0.39 is 0 Å². The fourth-order valence-electron chi connectivity index (χ4n) is 1.00. The molecule has 1 aliphatic carbocycles. The molecule has 0 aromatic carbocycles. The SMILES string of the molecule is Cl.Nc1cn[nH]c1C1CC1. The molecule has 0 saturated heterocycles. The number of nitrogens with zero attached hydrogens (tertiary/aromatic N) is 1. The molecule has 1 fully saturated rings. The molecule has 10 heavy (non-hydrogen) atoms. The molecule has 0 spiro atoms. The summed E-state index contributed by atoms with van der Waals surface area (Å²) in [5.74, 6) is 0.687. The molecular weight excluding hydrogens is 150 g/mol. The van der Waals surface area contributed by atoms with Crippen LogP contribution in [0.1, 0.15) is 24.5 Å². The number of halogens is 1. The predicted molar refractivity (Wildman–Crippen MR) is 42.2 cm³/mol. The number of nitrogens with two attached hydrogens (primary N) is 1. The number of nitrogen functional groups attached to an aromatic ring is 1. The largest absolute Gasteiger partial charge is 0.396 e. The summed E-state index contributed by atoms with van der Waals surface area (Å²) >= 11 is 0. The zero-order valence-corrected chi connectivity index (χ0v) is 6.32. The van der Waals surface area contributed by atoms with Gasteiger partial charge in [0.25, 0.3) is 0 Å². The third-order valence-corrected chi connectivity index (χ3v) is 1.69. The second-order valence-electron chi connectivity index (χ2n) is 2.51. The van der Waals surface area contributed by atoms with E-state index in [0.29, 0.717) is 5.92 Å². The lowest BCUT2D eigenvalue weighted by molar-refractivity contribution is 0.967. The molecule has 0 unspecified atom stereocenters. The van der Waals surface area contributed by atoms with Gasteiger partial charge in [-0.15, -0.1) is 12.4 Å². The summed E-state index contributed by atoms with van der Waals surface area (Å²) in [4.78, 5) is 0. The van der Waals surface area contributed by atoms with Gasteiger partial charge in [0.2, 0.25) is 0 Å². The molecule has 0 aliphatic heterocycles. The van der Waals surface area contributed by atoms with Crippen LogP contribution in [0.15, 0.2) is 6.20 Å². The Morgan fingerprint density at radius 1 is 1.60 bits per heavy atom. The van der Waals surface area contributed by atoms with Gasteiger partial charge in [0.1, 0.15) is 0 Å². The second-order valence-corrected chi connectivity index (χ2v) is 2.51. The van der Waals surface area contributed by atoms with E-state index in [9.17, 15) is 0 Å². The van der Waals surface area contributed by atoms with Crippen LogP contribution in [-0.4, -0.2) is 10.2 Å². The first-order chi connectivity index (χ1) is 4.38. The lowest BCUT2D eigenvalue weighted by Gasteiger charge is -1.90. The Morgan fingerprint density at radius 3 is 2.70 bits per heavy atom. The molecule has 1 aromatic rings. The molecule has 0 atom stereocenters. The maximum atomic E-state index is 5.59. The zero-order chi connectivity index (χ0) is 6.27. The zero-order valence-electron chi connectivity index (χ0n) is 5.50. The Kier molecular flexibility index (Phi) is 1.85. The van der Waals surface area contributed by atoms with Gasteiger partial charge in [-0.05, 0) is 12.8 Å². The van der Waals surface area contributed by atoms with Crippen molar-refractivity contribution in [2.24, 2.45) is 0 Å². The molecule has 0 radical (unpaired) electrons. The number of aromatic amines is 1. The van der Waals surface area contributed by atoms with Gasteiger partial charge >= 0.3 is 0 Å². The minimum atomic E-state index is 0. The molecule has 3 N–H and O–H groups in total. The molecule has 0 amide bonds. The molecule has 1 aliphatic rings. The van der Waals surface area contributed by atoms with E-state index in [1.54, 1.807) is 6.20 Å². The number of anilines is 1. The Labute approximate surface area is 65.4 Å². The van der Waals surface area contributed by atoms with Crippen molar-refractivity contribution in [2.75, 3.05) is 5.73 Å². The smallest absolute Gasteiger partial charge is 0.0733 e. The van der Waals surface area contributed by atoms with Crippen molar-refractivity contribution in [3.05, 3.63) is 11.9 Å². The Bertz CT molecular complexity index is 217. The molecule has 4 heteroatoms. The van der Waals surface area contributed by atoms with Crippen LogP contribution < -0.4 is 5.73 Å². The van der Waals surface area contributed by atoms with Crippen LogP contribution in [0, 0.1) is 0 Å². The lowest BCUT2D eigenvalue weighted by atomic mass is 10.3. The van der Waals surface area contributed by atoms with E-state index in [4.69, 9.17) is 5.73 Å². The van der Waals surface area contributed by atoms with Crippen LogP contribution in [0.3, 0.4) is 0 Å². The summed E-state index contributed by atoms with van der Waals surface area (Å²) in [5.41, 5.74) is 7.54. The van der Waals surface area contributed by atoms with E-state index in [0.717, 1.165) is 11.4 Å². The van der Waals surface area contributed by atoms with E-state index >= 15 is 0 Å². The van der Waals surface area contributed by atoms with Crippen LogP contribution in [0.5, 0.6) is 0 Å². The first kappa shape index (κ1) is 7.41. The molecule has 2 rings (SSSR count). The summed E-state index contributed by atoms with van der Waals surface area (Å²) in [6.07, 6.45) is 4.21. The van der Waals surface area contributed by atoms with Crippen LogP contribution >= 0.6 is 12.4 Å². The molecule has 1 saturated carbocycles. The third kappa shape index (κ3) is 1.09. The highest BCUT2D eigenvalue weighted by molar-refractivity contribution is 5.85. The fraction of sp³-hybridized carbons (Fsp3) is 0.500. The van der Waals surface area contributed by atoms with Gasteiger partial charge in [-0.25, -0.2) is 0 Å². The standard InChI is InChI=1S/C6H9N3.ClH/c7-5-3-8-9-6(5)4-1-2-4;/h3-4H,1-2,7H2,(H,8,9);1H. The van der Waals surface area contributed by atoms with E-state index in [1.807, 2.05) is 0 Å². The average molecular weight is 160 g/mol. The van der Waals surface area contributed by atoms with Crippen LogP contribution in [0.2, 0.25) is 0 Å². The highest BCUT2D eigenvalue weighted by Crippen LogP contribution is 2.41. The molecule has 1 aromatic heterocycles. The Balaban J connectivity index is 0.000000500. The van der Waals surface area contributed by atoms with Crippen molar-refractivity contribution in [1.82, 2.24) is 10.2 Å². The molecule has 0 bridgehead atoms. The molecule has 1 heterocycles. The predicted octanol–water partition coefficient (Wildman–Crippen LogP) is 1.29. The minimum absolute atomic E-state index is 0. The topological polar surface area (TPSA) is 54.7 Å². The normalized spacial score (nSPS) is 16.4. The summed E-state index contributed by atoms with van der Waals surface area (Å²) in [6.45, 7) is 0. The monoisotopic (exact) mass is 159 g/mol. The van der Waals surface area contributed by atoms with Crippen molar-refractivity contribution >= 4 is 18.1 Å². The number of nitrogens with one attached hydrogen (secondary N) is 1. The molecule has 56 valence electrons. The maximum absolute atomic E-state index is 5.59. The van der Waals surface area contributed by atoms with Crippen molar-refractivity contribution in [1.29, 1.82) is 0 Å². The van der Waals surface area contributed by atoms with Crippen LogP contribution in [0.4, 0.5) is 5.69 Å². The van der Waals surface area contributed by atoms with Crippen molar-refractivity contribution in [3.8, 4) is 0 Å². The number of hydrogen-bond donors (Lipinski definition) is 2. The van der Waals surface area contributed by atoms with Crippen molar-refractivity contribution in [3.63, 3.8) is 0 Å². The number of hydrogen-bond acceptors (Lipinski definition) is 2. The van der Waals surface area contributed by atoms with Gasteiger partial charge in [0.05, 0.1) is 17.6 Å². The Hall–Kier alpha value is -0.700. The third-order valence-electron chi connectivity index (χ3n) is 1.69. The first-order valence-electron chi connectivity index (χ1n) is 3.16. The minimum Gasteiger partial charge on any atom is -0.396 e. The van der Waals surface area contributed by atoms with Gasteiger partial charge < -0.3 is 5.73 Å². The van der Waals surface area contributed by atoms with Crippen LogP contribution in [-0.2, 0) is 0 Å². The number of rotatable bonds is 1. The van der Waals surface area contributed by atoms with Gasteiger partial charge in [-0.3, -0.25) is 5.10 Å². The number of H-pyrrole nitrogens is 1. The highest BCUT2D eigenvalue weighted by Gasteiger charge is 2.26. The second kappa shape index (κ2) is 2.50. The van der Waals surface area contributed by atoms with Crippen LogP contribution in [0.25, 0.3) is 0 Å². The van der Waals surface area contributed by atoms with Gasteiger partial charge in [-0.1, -0.05) is 0 Å². The fourth-order valence-corrected chi connectivity index (χ4v) is 1.00.